The van der Waals surface area contributed by atoms with Gasteiger partial charge in [0, 0.05) is 5.02 Å². The Morgan fingerprint density at radius 1 is 1.16 bits per heavy atom. The van der Waals surface area contributed by atoms with E-state index < -0.39 is 17.0 Å². The van der Waals surface area contributed by atoms with Crippen molar-refractivity contribution in [2.45, 2.75) is 18.7 Å². The fraction of sp³-hybridized carbons (Fsp3) is 0.200. The highest BCUT2D eigenvalue weighted by Crippen LogP contribution is 2.29. The molecule has 0 spiro atoms. The van der Waals surface area contributed by atoms with E-state index in [0.29, 0.717) is 5.02 Å². The fourth-order valence-electron chi connectivity index (χ4n) is 1.88. The van der Waals surface area contributed by atoms with Crippen LogP contribution in [0.1, 0.15) is 22.1 Å². The minimum atomic E-state index is -0.853. The molecule has 1 atom stereocenters. The third-order valence-corrected chi connectivity index (χ3v) is 3.80. The van der Waals surface area contributed by atoms with Gasteiger partial charge in [-0.3, -0.25) is 0 Å². The third-order valence-electron chi connectivity index (χ3n) is 2.97. The molecule has 100 valence electrons. The van der Waals surface area contributed by atoms with Crippen molar-refractivity contribution in [2.75, 3.05) is 0 Å². The quantitative estimate of drug-likeness (QED) is 0.661. The fourth-order valence-corrected chi connectivity index (χ4v) is 2.30. The smallest absolute Gasteiger partial charge is 0.162 e. The number of rotatable bonds is 3. The van der Waals surface area contributed by atoms with Crippen LogP contribution >= 0.6 is 23.2 Å². The van der Waals surface area contributed by atoms with E-state index in [4.69, 9.17) is 23.2 Å². The Bertz CT molecular complexity index is 597. The van der Waals surface area contributed by atoms with Crippen LogP contribution in [0.15, 0.2) is 36.4 Å². The van der Waals surface area contributed by atoms with Crippen molar-refractivity contribution in [3.63, 3.8) is 0 Å². The minimum Gasteiger partial charge on any atom is -0.204 e. The number of hydrogen-bond acceptors (Lipinski definition) is 0. The second-order valence-corrected chi connectivity index (χ2v) is 5.33. The molecule has 1 unspecified atom stereocenters. The van der Waals surface area contributed by atoms with Crippen LogP contribution in [0.3, 0.4) is 0 Å². The van der Waals surface area contributed by atoms with Gasteiger partial charge in [0.25, 0.3) is 0 Å². The second-order valence-electron chi connectivity index (χ2n) is 4.39. The summed E-state index contributed by atoms with van der Waals surface area (Å²) in [5.41, 5.74) is 2.02. The Labute approximate surface area is 121 Å². The Hall–Kier alpha value is -1.12. The molecule has 4 heteroatoms. The number of alkyl halides is 1. The lowest BCUT2D eigenvalue weighted by atomic mass is 10.0. The molecule has 0 aliphatic rings. The number of benzene rings is 2. The summed E-state index contributed by atoms with van der Waals surface area (Å²) in [6.45, 7) is 1.87. The monoisotopic (exact) mass is 300 g/mol. The van der Waals surface area contributed by atoms with Gasteiger partial charge >= 0.3 is 0 Å². The molecule has 0 aliphatic carbocycles. The molecule has 0 aliphatic heterocycles. The number of halogens is 4. The zero-order valence-corrected chi connectivity index (χ0v) is 11.8. The van der Waals surface area contributed by atoms with E-state index >= 15 is 0 Å². The zero-order valence-electron chi connectivity index (χ0n) is 10.3. The molecule has 0 fully saturated rings. The largest absolute Gasteiger partial charge is 0.204 e. The molecule has 2 rings (SSSR count). The van der Waals surface area contributed by atoms with Gasteiger partial charge < -0.3 is 0 Å². The average Bonchev–Trinajstić information content (AvgIpc) is 2.38. The lowest BCUT2D eigenvalue weighted by Gasteiger charge is -2.12. The zero-order chi connectivity index (χ0) is 14.0. The van der Waals surface area contributed by atoms with E-state index in [-0.39, 0.29) is 12.0 Å². The van der Waals surface area contributed by atoms with Crippen LogP contribution in [0.4, 0.5) is 8.78 Å². The van der Waals surface area contributed by atoms with Gasteiger partial charge in [-0.2, -0.15) is 0 Å². The second kappa shape index (κ2) is 5.89. The Kier molecular flexibility index (Phi) is 4.43. The Balaban J connectivity index is 2.23. The summed E-state index contributed by atoms with van der Waals surface area (Å²) >= 11 is 12.2. The summed E-state index contributed by atoms with van der Waals surface area (Å²) < 4.78 is 26.7. The van der Waals surface area contributed by atoms with Crippen molar-refractivity contribution in [1.29, 1.82) is 0 Å². The maximum Gasteiger partial charge on any atom is 0.162 e. The number of hydrogen-bond donors (Lipinski definition) is 0. The molecule has 0 nitrogen and oxygen atoms in total. The molecule has 0 amide bonds. The van der Waals surface area contributed by atoms with Gasteiger partial charge in [0.1, 0.15) is 0 Å². The lowest BCUT2D eigenvalue weighted by molar-refractivity contribution is 0.498. The standard InChI is InChI=1S/C15H12Cl2F2/c1-9-7-10(5-6-12(9)16)13(17)8-11-3-2-4-14(18)15(11)19/h2-7,13H,8H2,1H3. The minimum absolute atomic E-state index is 0.228. The van der Waals surface area contributed by atoms with Crippen LogP contribution in [-0.2, 0) is 6.42 Å². The van der Waals surface area contributed by atoms with Crippen LogP contribution < -0.4 is 0 Å². The first-order chi connectivity index (χ1) is 8.99. The van der Waals surface area contributed by atoms with Crippen molar-refractivity contribution < 1.29 is 8.78 Å². The first-order valence-electron chi connectivity index (χ1n) is 5.82. The predicted molar refractivity (Wildman–Crippen MR) is 74.8 cm³/mol. The maximum absolute atomic E-state index is 13.6. The highest BCUT2D eigenvalue weighted by Gasteiger charge is 2.14. The van der Waals surface area contributed by atoms with E-state index in [1.807, 2.05) is 13.0 Å². The highest BCUT2D eigenvalue weighted by molar-refractivity contribution is 6.31. The van der Waals surface area contributed by atoms with Crippen molar-refractivity contribution in [2.24, 2.45) is 0 Å². The predicted octanol–water partition coefficient (Wildman–Crippen LogP) is 5.45. The Morgan fingerprint density at radius 3 is 2.58 bits per heavy atom. The summed E-state index contributed by atoms with van der Waals surface area (Å²) in [5, 5.41) is 0.233. The van der Waals surface area contributed by atoms with Gasteiger partial charge in [0.2, 0.25) is 0 Å². The first kappa shape index (κ1) is 14.3. The molecular formula is C15H12Cl2F2. The summed E-state index contributed by atoms with van der Waals surface area (Å²) in [4.78, 5) is 0. The van der Waals surface area contributed by atoms with Gasteiger partial charge in [0.05, 0.1) is 5.38 Å². The van der Waals surface area contributed by atoms with Crippen LogP contribution in [0.2, 0.25) is 5.02 Å². The maximum atomic E-state index is 13.6. The normalized spacial score (nSPS) is 12.5. The molecule has 2 aromatic rings. The van der Waals surface area contributed by atoms with Gasteiger partial charge in [-0.1, -0.05) is 35.9 Å². The topological polar surface area (TPSA) is 0 Å². The summed E-state index contributed by atoms with van der Waals surface area (Å²) in [6.07, 6.45) is 0.228. The van der Waals surface area contributed by atoms with Crippen molar-refractivity contribution in [3.8, 4) is 0 Å². The SMILES string of the molecule is Cc1cc(C(Cl)Cc2cccc(F)c2F)ccc1Cl. The van der Waals surface area contributed by atoms with E-state index in [1.165, 1.54) is 12.1 Å². The molecule has 0 saturated heterocycles. The third kappa shape index (κ3) is 3.26. The van der Waals surface area contributed by atoms with Crippen molar-refractivity contribution in [1.82, 2.24) is 0 Å². The lowest BCUT2D eigenvalue weighted by Crippen LogP contribution is -2.00. The van der Waals surface area contributed by atoms with Gasteiger partial charge in [-0.05, 0) is 42.2 Å². The van der Waals surface area contributed by atoms with Gasteiger partial charge in [-0.25, -0.2) is 8.78 Å². The van der Waals surface area contributed by atoms with E-state index in [0.717, 1.165) is 17.2 Å². The molecular weight excluding hydrogens is 289 g/mol. The molecule has 2 aromatic carbocycles. The molecule has 0 N–H and O–H groups in total. The number of aryl methyl sites for hydroxylation is 1. The van der Waals surface area contributed by atoms with Crippen LogP contribution in [0.25, 0.3) is 0 Å². The summed E-state index contributed by atoms with van der Waals surface area (Å²) in [6, 6.07) is 9.51. The Morgan fingerprint density at radius 2 is 1.89 bits per heavy atom. The van der Waals surface area contributed by atoms with Crippen LogP contribution in [0.5, 0.6) is 0 Å². The molecule has 0 bridgehead atoms. The first-order valence-corrected chi connectivity index (χ1v) is 6.63. The van der Waals surface area contributed by atoms with Crippen molar-refractivity contribution >= 4 is 23.2 Å². The van der Waals surface area contributed by atoms with Gasteiger partial charge in [0.15, 0.2) is 11.6 Å². The van der Waals surface area contributed by atoms with E-state index in [2.05, 4.69) is 0 Å². The average molecular weight is 301 g/mol. The molecule has 0 saturated carbocycles. The van der Waals surface area contributed by atoms with Crippen molar-refractivity contribution in [3.05, 3.63) is 69.7 Å². The summed E-state index contributed by atoms with van der Waals surface area (Å²) in [5.74, 6) is -1.69. The van der Waals surface area contributed by atoms with Gasteiger partial charge in [-0.15, -0.1) is 11.6 Å². The van der Waals surface area contributed by atoms with Crippen LogP contribution in [-0.4, -0.2) is 0 Å². The molecule has 19 heavy (non-hydrogen) atoms. The van der Waals surface area contributed by atoms with Crippen LogP contribution in [0, 0.1) is 18.6 Å². The molecule has 0 heterocycles. The molecule has 0 radical (unpaired) electrons. The summed E-state index contributed by atoms with van der Waals surface area (Å²) in [7, 11) is 0. The molecule has 0 aromatic heterocycles. The van der Waals surface area contributed by atoms with E-state index in [9.17, 15) is 8.78 Å². The highest BCUT2D eigenvalue weighted by atomic mass is 35.5. The van der Waals surface area contributed by atoms with E-state index in [1.54, 1.807) is 12.1 Å².